The Morgan fingerprint density at radius 3 is 3.05 bits per heavy atom. The molecule has 0 aliphatic rings. The number of nitrogens with zero attached hydrogens (tertiary/aromatic N) is 2. The minimum Gasteiger partial charge on any atom is -0.379 e. The molecule has 0 saturated heterocycles. The van der Waals surface area contributed by atoms with Crippen LogP contribution in [0.15, 0.2) is 43.1 Å². The summed E-state index contributed by atoms with van der Waals surface area (Å²) in [5.41, 5.74) is 3.03. The summed E-state index contributed by atoms with van der Waals surface area (Å²) in [7, 11) is 0. The molecule has 0 unspecified atom stereocenters. The Balaban J connectivity index is 1.97. The normalized spacial score (nSPS) is 11.2. The van der Waals surface area contributed by atoms with Crippen molar-refractivity contribution in [3.05, 3.63) is 47.9 Å². The molecule has 0 amide bonds. The molecule has 21 heavy (non-hydrogen) atoms. The van der Waals surface area contributed by atoms with E-state index in [0.717, 1.165) is 34.9 Å². The van der Waals surface area contributed by atoms with E-state index in [9.17, 15) is 0 Å². The standard InChI is InChI=1S/C16H17N3OS/c1-2-3-9-20-10-8-19-15-12-6-4-5-7-13(12)17-11-14(15)18-16(19)21/h2,4-7,11H,1,3,8-10H2,(H,18,21). The number of rotatable bonds is 6. The minimum absolute atomic E-state index is 0.631. The Hall–Kier alpha value is -1.98. The molecule has 1 N–H and O–H groups in total. The monoisotopic (exact) mass is 299 g/mol. The van der Waals surface area contributed by atoms with Crippen LogP contribution in [-0.2, 0) is 11.3 Å². The number of imidazole rings is 1. The van der Waals surface area contributed by atoms with E-state index in [1.54, 1.807) is 0 Å². The first-order valence-corrected chi connectivity index (χ1v) is 7.37. The number of benzene rings is 1. The highest BCUT2D eigenvalue weighted by atomic mass is 32.1. The van der Waals surface area contributed by atoms with Crippen molar-refractivity contribution in [3.63, 3.8) is 0 Å². The van der Waals surface area contributed by atoms with Crippen LogP contribution in [0.3, 0.4) is 0 Å². The summed E-state index contributed by atoms with van der Waals surface area (Å²) in [5.74, 6) is 0. The quantitative estimate of drug-likeness (QED) is 0.427. The largest absolute Gasteiger partial charge is 0.379 e. The highest BCUT2D eigenvalue weighted by molar-refractivity contribution is 7.71. The Kier molecular flexibility index (Phi) is 4.13. The van der Waals surface area contributed by atoms with Crippen molar-refractivity contribution in [2.45, 2.75) is 13.0 Å². The number of fused-ring (bicyclic) bond motifs is 3. The van der Waals surface area contributed by atoms with E-state index in [0.29, 0.717) is 18.0 Å². The summed E-state index contributed by atoms with van der Waals surface area (Å²) < 4.78 is 8.39. The van der Waals surface area contributed by atoms with Crippen LogP contribution < -0.4 is 0 Å². The number of H-pyrrole nitrogens is 1. The van der Waals surface area contributed by atoms with Gasteiger partial charge in [-0.1, -0.05) is 24.3 Å². The molecule has 0 bridgehead atoms. The average molecular weight is 299 g/mol. The number of pyridine rings is 1. The van der Waals surface area contributed by atoms with Crippen LogP contribution in [0.2, 0.25) is 0 Å². The predicted octanol–water partition coefficient (Wildman–Crippen LogP) is 3.84. The van der Waals surface area contributed by atoms with Gasteiger partial charge in [-0.05, 0) is 24.7 Å². The van der Waals surface area contributed by atoms with Crippen molar-refractivity contribution in [3.8, 4) is 0 Å². The maximum atomic E-state index is 5.60. The molecule has 108 valence electrons. The van der Waals surface area contributed by atoms with Crippen molar-refractivity contribution < 1.29 is 4.74 Å². The second kappa shape index (κ2) is 6.20. The first-order chi connectivity index (χ1) is 10.3. The molecule has 0 radical (unpaired) electrons. The van der Waals surface area contributed by atoms with Crippen LogP contribution in [-0.4, -0.2) is 27.7 Å². The molecule has 5 heteroatoms. The number of aromatic nitrogens is 3. The minimum atomic E-state index is 0.631. The average Bonchev–Trinajstić information content (AvgIpc) is 2.83. The second-order valence-corrected chi connectivity index (χ2v) is 5.20. The first-order valence-electron chi connectivity index (χ1n) is 6.96. The molecule has 0 saturated carbocycles. The molecular weight excluding hydrogens is 282 g/mol. The van der Waals surface area contributed by atoms with Crippen molar-refractivity contribution in [1.29, 1.82) is 0 Å². The lowest BCUT2D eigenvalue weighted by atomic mass is 10.2. The molecule has 1 aromatic carbocycles. The second-order valence-electron chi connectivity index (χ2n) is 4.81. The Labute approximate surface area is 128 Å². The molecule has 3 rings (SSSR count). The summed E-state index contributed by atoms with van der Waals surface area (Å²) in [5, 5.41) is 1.11. The van der Waals surface area contributed by atoms with Gasteiger partial charge in [-0.25, -0.2) is 0 Å². The van der Waals surface area contributed by atoms with E-state index in [-0.39, 0.29) is 0 Å². The summed E-state index contributed by atoms with van der Waals surface area (Å²) >= 11 is 5.42. The van der Waals surface area contributed by atoms with E-state index < -0.39 is 0 Å². The zero-order valence-electron chi connectivity index (χ0n) is 11.7. The van der Waals surface area contributed by atoms with E-state index in [1.807, 2.05) is 30.5 Å². The molecule has 3 aromatic rings. The van der Waals surface area contributed by atoms with Gasteiger partial charge in [0.05, 0.1) is 36.0 Å². The molecule has 0 aliphatic carbocycles. The lowest BCUT2D eigenvalue weighted by molar-refractivity contribution is 0.131. The maximum absolute atomic E-state index is 5.60. The third-order valence-electron chi connectivity index (χ3n) is 3.43. The maximum Gasteiger partial charge on any atom is 0.178 e. The molecule has 0 atom stereocenters. The number of para-hydroxylation sites is 1. The fourth-order valence-electron chi connectivity index (χ4n) is 2.43. The molecule has 0 aliphatic heterocycles. The van der Waals surface area contributed by atoms with Gasteiger partial charge < -0.3 is 14.3 Å². The fraction of sp³-hybridized carbons (Fsp3) is 0.250. The van der Waals surface area contributed by atoms with Gasteiger partial charge in [0.15, 0.2) is 4.77 Å². The van der Waals surface area contributed by atoms with E-state index >= 15 is 0 Å². The fourth-order valence-corrected chi connectivity index (χ4v) is 2.72. The van der Waals surface area contributed by atoms with Crippen molar-refractivity contribution in [2.24, 2.45) is 0 Å². The van der Waals surface area contributed by atoms with Gasteiger partial charge in [0, 0.05) is 11.9 Å². The Morgan fingerprint density at radius 1 is 1.33 bits per heavy atom. The molecular formula is C16H17N3OS. The Bertz CT molecular complexity index is 834. The molecule has 0 fully saturated rings. The lowest BCUT2D eigenvalue weighted by Crippen LogP contribution is -2.07. The van der Waals surface area contributed by atoms with Gasteiger partial charge in [0.2, 0.25) is 0 Å². The molecule has 2 heterocycles. The molecule has 2 aromatic heterocycles. The summed E-state index contributed by atoms with van der Waals surface area (Å²) in [6, 6.07) is 8.09. The lowest BCUT2D eigenvalue weighted by Gasteiger charge is -2.07. The molecule has 4 nitrogen and oxygen atoms in total. The Morgan fingerprint density at radius 2 is 2.19 bits per heavy atom. The summed E-state index contributed by atoms with van der Waals surface area (Å²) in [4.78, 5) is 7.67. The van der Waals surface area contributed by atoms with Crippen LogP contribution in [0.5, 0.6) is 0 Å². The van der Waals surface area contributed by atoms with Gasteiger partial charge in [-0.3, -0.25) is 4.98 Å². The molecule has 0 spiro atoms. The van der Waals surface area contributed by atoms with Crippen molar-refractivity contribution in [1.82, 2.24) is 14.5 Å². The van der Waals surface area contributed by atoms with Gasteiger partial charge in [0.1, 0.15) is 0 Å². The van der Waals surface area contributed by atoms with E-state index in [2.05, 4.69) is 27.2 Å². The smallest absolute Gasteiger partial charge is 0.178 e. The van der Waals surface area contributed by atoms with Crippen molar-refractivity contribution in [2.75, 3.05) is 13.2 Å². The SMILES string of the molecule is C=CCCOCCn1c(=S)[nH]c2cnc3ccccc3c21. The van der Waals surface area contributed by atoms with Crippen LogP contribution in [0.25, 0.3) is 21.9 Å². The van der Waals surface area contributed by atoms with Gasteiger partial charge >= 0.3 is 0 Å². The van der Waals surface area contributed by atoms with Crippen LogP contribution >= 0.6 is 12.2 Å². The predicted molar refractivity (Wildman–Crippen MR) is 88.1 cm³/mol. The topological polar surface area (TPSA) is 42.8 Å². The third-order valence-corrected chi connectivity index (χ3v) is 3.75. The van der Waals surface area contributed by atoms with E-state index in [4.69, 9.17) is 17.0 Å². The zero-order valence-corrected chi connectivity index (χ0v) is 12.5. The van der Waals surface area contributed by atoms with Crippen molar-refractivity contribution >= 4 is 34.2 Å². The zero-order chi connectivity index (χ0) is 14.7. The number of aromatic amines is 1. The first kappa shape index (κ1) is 14.0. The van der Waals surface area contributed by atoms with E-state index in [1.165, 1.54) is 0 Å². The van der Waals surface area contributed by atoms with Crippen LogP contribution in [0.4, 0.5) is 0 Å². The highest BCUT2D eigenvalue weighted by Gasteiger charge is 2.09. The van der Waals surface area contributed by atoms with Crippen LogP contribution in [0.1, 0.15) is 6.42 Å². The highest BCUT2D eigenvalue weighted by Crippen LogP contribution is 2.23. The van der Waals surface area contributed by atoms with Crippen LogP contribution in [0, 0.1) is 4.77 Å². The van der Waals surface area contributed by atoms with Gasteiger partial charge in [-0.2, -0.15) is 0 Å². The number of ether oxygens (including phenoxy) is 1. The number of nitrogens with one attached hydrogen (secondary N) is 1. The summed E-state index contributed by atoms with van der Waals surface area (Å²) in [6.45, 7) is 5.74. The number of hydrogen-bond acceptors (Lipinski definition) is 3. The van der Waals surface area contributed by atoms with Gasteiger partial charge in [0.25, 0.3) is 0 Å². The van der Waals surface area contributed by atoms with Gasteiger partial charge in [-0.15, -0.1) is 6.58 Å². The number of hydrogen-bond donors (Lipinski definition) is 1. The third kappa shape index (κ3) is 2.75. The summed E-state index contributed by atoms with van der Waals surface area (Å²) in [6.07, 6.45) is 4.56.